The van der Waals surface area contributed by atoms with Crippen molar-refractivity contribution >= 4 is 0 Å². The van der Waals surface area contributed by atoms with Crippen molar-refractivity contribution in [2.45, 2.75) is 32.2 Å². The van der Waals surface area contributed by atoms with E-state index in [9.17, 15) is 14.3 Å². The summed E-state index contributed by atoms with van der Waals surface area (Å²) in [4.78, 5) is 18.9. The molecule has 112 valence electrons. The third-order valence-corrected chi connectivity index (χ3v) is 3.77. The van der Waals surface area contributed by atoms with Gasteiger partial charge in [-0.3, -0.25) is 4.79 Å². The van der Waals surface area contributed by atoms with Crippen LogP contribution in [0, 0.1) is 5.82 Å². The Balaban J connectivity index is 2.57. The normalized spacial score (nSPS) is 11.6. The summed E-state index contributed by atoms with van der Waals surface area (Å²) in [7, 11) is 0. The van der Waals surface area contributed by atoms with Crippen LogP contribution in [-0.2, 0) is 5.54 Å². The van der Waals surface area contributed by atoms with E-state index in [0.717, 1.165) is 0 Å². The largest absolute Gasteiger partial charge is 0.493 e. The molecule has 5 nitrogen and oxygen atoms in total. The quantitative estimate of drug-likeness (QED) is 0.805. The number of aromatic nitrogens is 2. The zero-order chi connectivity index (χ0) is 15.6. The van der Waals surface area contributed by atoms with Crippen LogP contribution in [0.25, 0.3) is 11.1 Å². The highest BCUT2D eigenvalue weighted by atomic mass is 19.1. The Morgan fingerprint density at radius 2 is 1.86 bits per heavy atom. The summed E-state index contributed by atoms with van der Waals surface area (Å²) in [6.45, 7) is 3.77. The minimum atomic E-state index is -0.794. The first-order chi connectivity index (χ1) is 9.91. The summed E-state index contributed by atoms with van der Waals surface area (Å²) in [5, 5.41) is 10.1. The lowest BCUT2D eigenvalue weighted by molar-refractivity contribution is 0.372. The molecule has 2 rings (SSSR count). The molecule has 0 unspecified atom stereocenters. The Bertz CT molecular complexity index is 691. The number of aromatic amines is 1. The van der Waals surface area contributed by atoms with Gasteiger partial charge in [-0.05, 0) is 30.5 Å². The van der Waals surface area contributed by atoms with Crippen LogP contribution in [0.3, 0.4) is 0 Å². The lowest BCUT2D eigenvalue weighted by Crippen LogP contribution is -2.38. The van der Waals surface area contributed by atoms with Crippen molar-refractivity contribution in [3.63, 3.8) is 0 Å². The monoisotopic (exact) mass is 291 g/mol. The minimum Gasteiger partial charge on any atom is -0.493 e. The molecule has 0 saturated carbocycles. The lowest BCUT2D eigenvalue weighted by Gasteiger charge is -2.25. The molecule has 0 amide bonds. The van der Waals surface area contributed by atoms with Gasteiger partial charge >= 0.3 is 0 Å². The second-order valence-electron chi connectivity index (χ2n) is 4.98. The third-order valence-electron chi connectivity index (χ3n) is 3.77. The van der Waals surface area contributed by atoms with Crippen molar-refractivity contribution in [1.29, 1.82) is 0 Å². The number of nitrogens with two attached hydrogens (primary N) is 1. The van der Waals surface area contributed by atoms with Gasteiger partial charge in [0.25, 0.3) is 5.56 Å². The number of benzene rings is 1. The van der Waals surface area contributed by atoms with Crippen LogP contribution < -0.4 is 11.3 Å². The molecule has 0 spiro atoms. The fourth-order valence-corrected chi connectivity index (χ4v) is 2.16. The number of H-pyrrole nitrogens is 1. The molecule has 0 fully saturated rings. The van der Waals surface area contributed by atoms with Crippen molar-refractivity contribution in [3.05, 3.63) is 46.3 Å². The SMILES string of the molecule is CCC(N)(CC)c1nc(O)c(-c2ccc(F)cc2)c(=O)[nH]1. The lowest BCUT2D eigenvalue weighted by atomic mass is 9.93. The molecular formula is C15H18FN3O2. The molecule has 6 heteroatoms. The van der Waals surface area contributed by atoms with E-state index in [-0.39, 0.29) is 11.4 Å². The van der Waals surface area contributed by atoms with Gasteiger partial charge in [-0.25, -0.2) is 4.39 Å². The molecule has 1 aromatic heterocycles. The molecule has 0 saturated heterocycles. The van der Waals surface area contributed by atoms with E-state index in [4.69, 9.17) is 5.73 Å². The summed E-state index contributed by atoms with van der Waals surface area (Å²) >= 11 is 0. The predicted octanol–water partition coefficient (Wildman–Crippen LogP) is 2.26. The predicted molar refractivity (Wildman–Crippen MR) is 78.4 cm³/mol. The maximum atomic E-state index is 12.9. The molecule has 4 N–H and O–H groups in total. The molecule has 0 bridgehead atoms. The van der Waals surface area contributed by atoms with E-state index >= 15 is 0 Å². The van der Waals surface area contributed by atoms with Gasteiger partial charge in [-0.2, -0.15) is 4.98 Å². The van der Waals surface area contributed by atoms with Crippen molar-refractivity contribution in [3.8, 4) is 17.0 Å². The van der Waals surface area contributed by atoms with E-state index in [1.165, 1.54) is 24.3 Å². The second kappa shape index (κ2) is 5.65. The smallest absolute Gasteiger partial charge is 0.262 e. The van der Waals surface area contributed by atoms with E-state index in [1.807, 2.05) is 13.8 Å². The zero-order valence-electron chi connectivity index (χ0n) is 12.0. The maximum absolute atomic E-state index is 12.9. The van der Waals surface area contributed by atoms with Crippen LogP contribution in [0.2, 0.25) is 0 Å². The zero-order valence-corrected chi connectivity index (χ0v) is 12.0. The third kappa shape index (κ3) is 2.80. The first kappa shape index (κ1) is 15.2. The summed E-state index contributed by atoms with van der Waals surface area (Å²) in [5.41, 5.74) is 5.28. The van der Waals surface area contributed by atoms with Gasteiger partial charge in [0.1, 0.15) is 17.2 Å². The molecule has 1 heterocycles. The summed E-state index contributed by atoms with van der Waals surface area (Å²) in [6, 6.07) is 5.26. The van der Waals surface area contributed by atoms with Gasteiger partial charge in [0, 0.05) is 0 Å². The molecule has 0 radical (unpaired) electrons. The van der Waals surface area contributed by atoms with Crippen LogP contribution in [0.4, 0.5) is 4.39 Å². The number of halogens is 1. The van der Waals surface area contributed by atoms with E-state index in [2.05, 4.69) is 9.97 Å². The molecule has 2 aromatic rings. The van der Waals surface area contributed by atoms with Gasteiger partial charge in [0.15, 0.2) is 0 Å². The summed E-state index contributed by atoms with van der Waals surface area (Å²) < 4.78 is 12.9. The average Bonchev–Trinajstić information content (AvgIpc) is 2.47. The second-order valence-corrected chi connectivity index (χ2v) is 4.98. The fourth-order valence-electron chi connectivity index (χ4n) is 2.16. The highest BCUT2D eigenvalue weighted by Crippen LogP contribution is 2.27. The van der Waals surface area contributed by atoms with Crippen LogP contribution in [-0.4, -0.2) is 15.1 Å². The van der Waals surface area contributed by atoms with Crippen LogP contribution in [0.1, 0.15) is 32.5 Å². The van der Waals surface area contributed by atoms with Crippen LogP contribution in [0.15, 0.2) is 29.1 Å². The topological polar surface area (TPSA) is 92.0 Å². The molecular weight excluding hydrogens is 273 g/mol. The minimum absolute atomic E-state index is 0.00769. The van der Waals surface area contributed by atoms with Crippen molar-refractivity contribution in [1.82, 2.24) is 9.97 Å². The molecule has 0 aliphatic rings. The van der Waals surface area contributed by atoms with E-state index in [1.54, 1.807) is 0 Å². The van der Waals surface area contributed by atoms with Gasteiger partial charge in [0.05, 0.1) is 5.54 Å². The number of nitrogens with zero attached hydrogens (tertiary/aromatic N) is 1. The highest BCUT2D eigenvalue weighted by molar-refractivity contribution is 5.67. The molecule has 21 heavy (non-hydrogen) atoms. The molecule has 0 aliphatic heterocycles. The first-order valence-electron chi connectivity index (χ1n) is 6.80. The fraction of sp³-hybridized carbons (Fsp3) is 0.333. The van der Waals surface area contributed by atoms with Crippen LogP contribution in [0.5, 0.6) is 5.88 Å². The van der Waals surface area contributed by atoms with Crippen molar-refractivity contribution in [2.75, 3.05) is 0 Å². The number of hydrogen-bond acceptors (Lipinski definition) is 4. The highest BCUT2D eigenvalue weighted by Gasteiger charge is 2.27. The Morgan fingerprint density at radius 1 is 1.29 bits per heavy atom. The number of hydrogen-bond donors (Lipinski definition) is 3. The van der Waals surface area contributed by atoms with Gasteiger partial charge in [-0.15, -0.1) is 0 Å². The van der Waals surface area contributed by atoms with Gasteiger partial charge < -0.3 is 15.8 Å². The van der Waals surface area contributed by atoms with Gasteiger partial charge in [0.2, 0.25) is 5.88 Å². The van der Waals surface area contributed by atoms with Crippen molar-refractivity contribution < 1.29 is 9.50 Å². The standard InChI is InChI=1S/C15H18FN3O2/c1-3-15(17,4-2)14-18-12(20)11(13(21)19-14)9-5-7-10(16)8-6-9/h5-8H,3-4,17H2,1-2H3,(H2,18,19,20,21). The number of aromatic hydroxyl groups is 1. The van der Waals surface area contributed by atoms with E-state index < -0.39 is 22.8 Å². The Hall–Kier alpha value is -2.21. The van der Waals surface area contributed by atoms with Crippen LogP contribution >= 0.6 is 0 Å². The molecule has 0 atom stereocenters. The van der Waals surface area contributed by atoms with E-state index in [0.29, 0.717) is 18.4 Å². The Kier molecular flexibility index (Phi) is 4.09. The number of rotatable bonds is 4. The number of nitrogens with one attached hydrogen (secondary N) is 1. The summed E-state index contributed by atoms with van der Waals surface area (Å²) in [6.07, 6.45) is 1.14. The van der Waals surface area contributed by atoms with Crippen molar-refractivity contribution in [2.24, 2.45) is 5.73 Å². The first-order valence-corrected chi connectivity index (χ1v) is 6.80. The average molecular weight is 291 g/mol. The Morgan fingerprint density at radius 3 is 2.33 bits per heavy atom. The van der Waals surface area contributed by atoms with Gasteiger partial charge in [-0.1, -0.05) is 26.0 Å². The Labute approximate surface area is 121 Å². The maximum Gasteiger partial charge on any atom is 0.262 e. The molecule has 0 aliphatic carbocycles. The summed E-state index contributed by atoms with van der Waals surface area (Å²) in [5.74, 6) is -0.574. The molecule has 1 aromatic carbocycles.